The normalized spacial score (nSPS) is 11.3. The van der Waals surface area contributed by atoms with Crippen LogP contribution in [-0.2, 0) is 9.53 Å². The van der Waals surface area contributed by atoms with E-state index in [9.17, 15) is 4.79 Å². The van der Waals surface area contributed by atoms with E-state index in [0.717, 1.165) is 9.50 Å². The van der Waals surface area contributed by atoms with Gasteiger partial charge in [-0.25, -0.2) is 9.78 Å². The van der Waals surface area contributed by atoms with Gasteiger partial charge in [0.2, 0.25) is 0 Å². The second-order valence-electron chi connectivity index (χ2n) is 3.00. The number of ether oxygens (including phenoxy) is 1. The standard InChI is InChI=1S/C11H12BrNO2S/c1-8(11(14)15-2)5-6-16-10-4-3-9(12)7-13-10/h3-5,7H,6H2,1-2H3. The number of nitrogens with zero attached hydrogens (tertiary/aromatic N) is 1. The number of aromatic nitrogens is 1. The molecule has 16 heavy (non-hydrogen) atoms. The van der Waals surface area contributed by atoms with E-state index in [4.69, 9.17) is 0 Å². The lowest BCUT2D eigenvalue weighted by Gasteiger charge is -1.99. The minimum Gasteiger partial charge on any atom is -0.466 e. The molecule has 3 nitrogen and oxygen atoms in total. The maximum atomic E-state index is 11.1. The minimum atomic E-state index is -0.288. The SMILES string of the molecule is COC(=O)C(C)=CCSc1ccc(Br)cn1. The maximum Gasteiger partial charge on any atom is 0.333 e. The number of methoxy groups -OCH3 is 1. The first-order valence-corrected chi connectivity index (χ1v) is 6.40. The lowest BCUT2D eigenvalue weighted by Crippen LogP contribution is -2.01. The molecule has 1 aromatic heterocycles. The van der Waals surface area contributed by atoms with Gasteiger partial charge in [0.05, 0.1) is 12.1 Å². The van der Waals surface area contributed by atoms with Crippen LogP contribution in [0.4, 0.5) is 0 Å². The van der Waals surface area contributed by atoms with Crippen LogP contribution in [0.1, 0.15) is 6.92 Å². The molecule has 86 valence electrons. The van der Waals surface area contributed by atoms with Crippen molar-refractivity contribution >= 4 is 33.7 Å². The molecule has 0 aliphatic carbocycles. The molecular weight excluding hydrogens is 290 g/mol. The molecule has 0 spiro atoms. The van der Waals surface area contributed by atoms with E-state index in [-0.39, 0.29) is 5.97 Å². The molecule has 5 heteroatoms. The highest BCUT2D eigenvalue weighted by Crippen LogP contribution is 2.17. The van der Waals surface area contributed by atoms with Crippen LogP contribution in [-0.4, -0.2) is 23.8 Å². The van der Waals surface area contributed by atoms with Crippen molar-refractivity contribution in [2.45, 2.75) is 11.9 Å². The second kappa shape index (κ2) is 6.70. The Morgan fingerprint density at radius 1 is 1.62 bits per heavy atom. The Hall–Kier alpha value is -0.810. The quantitative estimate of drug-likeness (QED) is 0.487. The molecule has 0 amide bonds. The van der Waals surface area contributed by atoms with Crippen LogP contribution in [0.5, 0.6) is 0 Å². The van der Waals surface area contributed by atoms with Crippen LogP contribution in [0.15, 0.2) is 39.5 Å². The molecule has 0 fully saturated rings. The van der Waals surface area contributed by atoms with Crippen LogP contribution in [0.2, 0.25) is 0 Å². The van der Waals surface area contributed by atoms with E-state index in [0.29, 0.717) is 11.3 Å². The summed E-state index contributed by atoms with van der Waals surface area (Å²) in [4.78, 5) is 15.3. The molecule has 0 aliphatic heterocycles. The average molecular weight is 302 g/mol. The molecule has 0 saturated heterocycles. The van der Waals surface area contributed by atoms with Crippen LogP contribution in [0, 0.1) is 0 Å². The van der Waals surface area contributed by atoms with Gasteiger partial charge in [-0.15, -0.1) is 11.8 Å². The van der Waals surface area contributed by atoms with Gasteiger partial charge in [-0.3, -0.25) is 0 Å². The van der Waals surface area contributed by atoms with Gasteiger partial charge in [-0.2, -0.15) is 0 Å². The van der Waals surface area contributed by atoms with Gasteiger partial charge in [0.25, 0.3) is 0 Å². The summed E-state index contributed by atoms with van der Waals surface area (Å²) in [5, 5.41) is 0.928. The molecule has 0 bridgehead atoms. The third-order valence-corrected chi connectivity index (χ3v) is 3.17. The van der Waals surface area contributed by atoms with Crippen molar-refractivity contribution in [2.24, 2.45) is 0 Å². The zero-order valence-electron chi connectivity index (χ0n) is 9.07. The highest BCUT2D eigenvalue weighted by atomic mass is 79.9. The fraction of sp³-hybridized carbons (Fsp3) is 0.273. The number of carbonyl (C=O) groups is 1. The molecule has 0 aromatic carbocycles. The topological polar surface area (TPSA) is 39.2 Å². The maximum absolute atomic E-state index is 11.1. The molecule has 0 aliphatic rings. The second-order valence-corrected chi connectivity index (χ2v) is 4.96. The van der Waals surface area contributed by atoms with Crippen LogP contribution in [0.25, 0.3) is 0 Å². The van der Waals surface area contributed by atoms with Crippen LogP contribution >= 0.6 is 27.7 Å². The predicted octanol–water partition coefficient (Wildman–Crippen LogP) is 3.06. The van der Waals surface area contributed by atoms with Crippen molar-refractivity contribution in [1.29, 1.82) is 0 Å². The van der Waals surface area contributed by atoms with Crippen molar-refractivity contribution in [3.05, 3.63) is 34.5 Å². The fourth-order valence-electron chi connectivity index (χ4n) is 0.944. The van der Waals surface area contributed by atoms with E-state index >= 15 is 0 Å². The molecule has 0 unspecified atom stereocenters. The molecule has 1 aromatic rings. The number of esters is 1. The lowest BCUT2D eigenvalue weighted by atomic mass is 10.3. The smallest absolute Gasteiger partial charge is 0.333 e. The van der Waals surface area contributed by atoms with Crippen LogP contribution in [0.3, 0.4) is 0 Å². The molecule has 0 radical (unpaired) electrons. The third kappa shape index (κ3) is 4.37. The fourth-order valence-corrected chi connectivity index (χ4v) is 1.97. The number of hydrogen-bond acceptors (Lipinski definition) is 4. The Labute approximate surface area is 107 Å². The summed E-state index contributed by atoms with van der Waals surface area (Å²) in [6.07, 6.45) is 3.58. The summed E-state index contributed by atoms with van der Waals surface area (Å²) in [7, 11) is 1.38. The van der Waals surface area contributed by atoms with E-state index in [1.54, 1.807) is 24.9 Å². The largest absolute Gasteiger partial charge is 0.466 e. The molecule has 0 N–H and O–H groups in total. The number of hydrogen-bond donors (Lipinski definition) is 0. The number of halogens is 1. The average Bonchev–Trinajstić information content (AvgIpc) is 2.30. The van der Waals surface area contributed by atoms with Crippen molar-refractivity contribution in [3.63, 3.8) is 0 Å². The van der Waals surface area contributed by atoms with E-state index in [2.05, 4.69) is 25.7 Å². The van der Waals surface area contributed by atoms with Crippen molar-refractivity contribution < 1.29 is 9.53 Å². The van der Waals surface area contributed by atoms with Gasteiger partial charge in [0, 0.05) is 22.0 Å². The lowest BCUT2D eigenvalue weighted by molar-refractivity contribution is -0.136. The Bertz CT molecular complexity index is 389. The van der Waals surface area contributed by atoms with Crippen molar-refractivity contribution in [3.8, 4) is 0 Å². The summed E-state index contributed by atoms with van der Waals surface area (Å²) in [6, 6.07) is 3.86. The highest BCUT2D eigenvalue weighted by Gasteiger charge is 2.02. The summed E-state index contributed by atoms with van der Waals surface area (Å²) in [6.45, 7) is 1.74. The van der Waals surface area contributed by atoms with E-state index in [1.165, 1.54) is 7.11 Å². The molecule has 0 atom stereocenters. The zero-order chi connectivity index (χ0) is 12.0. The Morgan fingerprint density at radius 2 is 2.38 bits per heavy atom. The first kappa shape index (κ1) is 13.3. The van der Waals surface area contributed by atoms with Gasteiger partial charge >= 0.3 is 5.97 Å². The first-order valence-electron chi connectivity index (χ1n) is 4.63. The van der Waals surface area contributed by atoms with Gasteiger partial charge in [-0.05, 0) is 35.0 Å². The number of pyridine rings is 1. The minimum absolute atomic E-state index is 0.288. The molecule has 0 saturated carbocycles. The third-order valence-electron chi connectivity index (χ3n) is 1.83. The van der Waals surface area contributed by atoms with Crippen LogP contribution < -0.4 is 0 Å². The summed E-state index contributed by atoms with van der Waals surface area (Å²) >= 11 is 4.89. The number of rotatable bonds is 4. The summed E-state index contributed by atoms with van der Waals surface area (Å²) in [5.74, 6) is 0.416. The van der Waals surface area contributed by atoms with Gasteiger partial charge in [0.15, 0.2) is 0 Å². The number of carbonyl (C=O) groups excluding carboxylic acids is 1. The summed E-state index contributed by atoms with van der Waals surface area (Å²) in [5.41, 5.74) is 0.618. The van der Waals surface area contributed by atoms with Crippen molar-refractivity contribution in [1.82, 2.24) is 4.98 Å². The molecular formula is C11H12BrNO2S. The predicted molar refractivity (Wildman–Crippen MR) is 68.4 cm³/mol. The van der Waals surface area contributed by atoms with E-state index in [1.807, 2.05) is 18.2 Å². The Kier molecular flexibility index (Phi) is 5.55. The highest BCUT2D eigenvalue weighted by molar-refractivity contribution is 9.10. The van der Waals surface area contributed by atoms with Gasteiger partial charge in [-0.1, -0.05) is 6.08 Å². The van der Waals surface area contributed by atoms with Gasteiger partial charge in [0.1, 0.15) is 0 Å². The van der Waals surface area contributed by atoms with Gasteiger partial charge < -0.3 is 4.74 Å². The first-order chi connectivity index (χ1) is 7.63. The van der Waals surface area contributed by atoms with E-state index < -0.39 is 0 Å². The number of thioether (sulfide) groups is 1. The molecule has 1 heterocycles. The monoisotopic (exact) mass is 301 g/mol. The Balaban J connectivity index is 2.46. The zero-order valence-corrected chi connectivity index (χ0v) is 11.5. The molecule has 1 rings (SSSR count). The van der Waals surface area contributed by atoms with Crippen molar-refractivity contribution in [2.75, 3.05) is 12.9 Å². The Morgan fingerprint density at radius 3 is 2.94 bits per heavy atom. The summed E-state index contributed by atoms with van der Waals surface area (Å²) < 4.78 is 5.55.